The highest BCUT2D eigenvalue weighted by Gasteiger charge is 2.08. The molecule has 7 heteroatoms. The summed E-state index contributed by atoms with van der Waals surface area (Å²) in [4.78, 5) is 24.0. The van der Waals surface area contributed by atoms with Crippen LogP contribution in [0.5, 0.6) is 5.75 Å². The number of halogens is 2. The number of pyridine rings is 1. The maximum atomic E-state index is 13.0. The van der Waals surface area contributed by atoms with Crippen molar-refractivity contribution in [3.8, 4) is 5.75 Å². The Labute approximate surface area is 166 Å². The van der Waals surface area contributed by atoms with Crippen LogP contribution in [0.25, 0.3) is 10.9 Å². The normalized spacial score (nSPS) is 10.8. The van der Waals surface area contributed by atoms with Crippen LogP contribution in [0.1, 0.15) is 18.4 Å². The molecule has 1 amide bonds. The van der Waals surface area contributed by atoms with Crippen LogP contribution >= 0.6 is 11.6 Å². The summed E-state index contributed by atoms with van der Waals surface area (Å²) in [6.07, 6.45) is 0.758. The van der Waals surface area contributed by atoms with Crippen molar-refractivity contribution in [3.63, 3.8) is 0 Å². The molecule has 5 nitrogen and oxygen atoms in total. The Hall–Kier alpha value is -2.86. The highest BCUT2D eigenvalue weighted by atomic mass is 35.5. The Morgan fingerprint density at radius 2 is 2.00 bits per heavy atom. The zero-order chi connectivity index (χ0) is 20.1. The summed E-state index contributed by atoms with van der Waals surface area (Å²) in [6, 6.07) is 13.0. The van der Waals surface area contributed by atoms with Crippen molar-refractivity contribution in [1.82, 2.24) is 9.88 Å². The monoisotopic (exact) mass is 402 g/mol. The molecule has 1 aromatic heterocycles. The summed E-state index contributed by atoms with van der Waals surface area (Å²) in [5.41, 5.74) is 1.29. The van der Waals surface area contributed by atoms with Crippen molar-refractivity contribution in [2.45, 2.75) is 19.4 Å². The summed E-state index contributed by atoms with van der Waals surface area (Å²) in [5.74, 6) is -0.0597. The van der Waals surface area contributed by atoms with Gasteiger partial charge in [0.2, 0.25) is 5.91 Å². The number of nitrogens with zero attached hydrogens (tertiary/aromatic N) is 1. The number of para-hydroxylation sites is 1. The van der Waals surface area contributed by atoms with Crippen molar-refractivity contribution in [2.75, 3.05) is 6.61 Å². The molecule has 0 saturated heterocycles. The Kier molecular flexibility index (Phi) is 6.31. The molecule has 0 aliphatic rings. The third kappa shape index (κ3) is 4.70. The van der Waals surface area contributed by atoms with Gasteiger partial charge in [0.15, 0.2) is 0 Å². The lowest BCUT2D eigenvalue weighted by Crippen LogP contribution is -2.23. The molecule has 0 bridgehead atoms. The number of benzene rings is 2. The van der Waals surface area contributed by atoms with E-state index >= 15 is 0 Å². The summed E-state index contributed by atoms with van der Waals surface area (Å²) in [6.45, 7) is 0.542. The number of fused-ring (bicyclic) bond motifs is 1. The van der Waals surface area contributed by atoms with Crippen LogP contribution in [-0.4, -0.2) is 17.1 Å². The molecule has 146 valence electrons. The van der Waals surface area contributed by atoms with Gasteiger partial charge in [-0.25, -0.2) is 4.39 Å². The first kappa shape index (κ1) is 19.9. The minimum atomic E-state index is -0.416. The largest absolute Gasteiger partial charge is 0.493 e. The van der Waals surface area contributed by atoms with Crippen LogP contribution in [0.2, 0.25) is 5.02 Å². The average molecular weight is 403 g/mol. The first-order valence-electron chi connectivity index (χ1n) is 8.88. The van der Waals surface area contributed by atoms with Crippen LogP contribution in [0.4, 0.5) is 4.39 Å². The number of carbonyl (C=O) groups is 1. The van der Waals surface area contributed by atoms with Crippen LogP contribution < -0.4 is 15.6 Å². The van der Waals surface area contributed by atoms with Crippen molar-refractivity contribution < 1.29 is 13.9 Å². The van der Waals surface area contributed by atoms with Gasteiger partial charge in [0.05, 0.1) is 12.1 Å². The number of hydrogen-bond acceptors (Lipinski definition) is 3. The molecule has 0 spiro atoms. The third-order valence-corrected chi connectivity index (χ3v) is 4.76. The number of hydrogen-bond donors (Lipinski definition) is 1. The summed E-state index contributed by atoms with van der Waals surface area (Å²) in [5, 5.41) is 3.88. The van der Waals surface area contributed by atoms with E-state index in [0.29, 0.717) is 24.3 Å². The molecule has 28 heavy (non-hydrogen) atoms. The fraction of sp³-hybridized carbons (Fsp3) is 0.238. The molecule has 0 atom stereocenters. The first-order valence-corrected chi connectivity index (χ1v) is 9.25. The molecule has 2 aromatic carbocycles. The van der Waals surface area contributed by atoms with Gasteiger partial charge in [-0.1, -0.05) is 29.8 Å². The molecule has 3 rings (SSSR count). The van der Waals surface area contributed by atoms with E-state index < -0.39 is 5.82 Å². The maximum Gasteiger partial charge on any atom is 0.254 e. The van der Waals surface area contributed by atoms with E-state index in [0.717, 1.165) is 10.9 Å². The zero-order valence-corrected chi connectivity index (χ0v) is 16.1. The molecule has 0 fully saturated rings. The fourth-order valence-corrected chi connectivity index (χ4v) is 3.10. The van der Waals surface area contributed by atoms with Gasteiger partial charge in [0.25, 0.3) is 5.56 Å². The van der Waals surface area contributed by atoms with Crippen molar-refractivity contribution in [1.29, 1.82) is 0 Å². The highest BCUT2D eigenvalue weighted by Crippen LogP contribution is 2.23. The standard InChI is InChI=1S/C21H20ClFN2O3/c1-25-18-6-3-2-5-16(18)19(12-21(25)27)28-10-4-7-20(26)24-13-14-8-9-15(23)11-17(14)22/h2-3,5-6,8-9,11-12H,4,7,10,13H2,1H3,(H,24,26). The fourth-order valence-electron chi connectivity index (χ4n) is 2.86. The third-order valence-electron chi connectivity index (χ3n) is 4.41. The Morgan fingerprint density at radius 3 is 2.79 bits per heavy atom. The lowest BCUT2D eigenvalue weighted by atomic mass is 10.2. The van der Waals surface area contributed by atoms with E-state index in [-0.39, 0.29) is 29.5 Å². The molecule has 3 aromatic rings. The van der Waals surface area contributed by atoms with Crippen LogP contribution in [0, 0.1) is 5.82 Å². The number of rotatable bonds is 7. The maximum absolute atomic E-state index is 13.0. The van der Waals surface area contributed by atoms with Gasteiger partial charge < -0.3 is 14.6 Å². The second kappa shape index (κ2) is 8.89. The van der Waals surface area contributed by atoms with Crippen LogP contribution in [0.15, 0.2) is 53.3 Å². The topological polar surface area (TPSA) is 60.3 Å². The summed E-state index contributed by atoms with van der Waals surface area (Å²) in [7, 11) is 1.71. The quantitative estimate of drug-likeness (QED) is 0.611. The van der Waals surface area contributed by atoms with Gasteiger partial charge in [-0.15, -0.1) is 0 Å². The van der Waals surface area contributed by atoms with E-state index in [1.54, 1.807) is 17.7 Å². The molecule has 0 unspecified atom stereocenters. The van der Waals surface area contributed by atoms with E-state index in [2.05, 4.69) is 5.32 Å². The van der Waals surface area contributed by atoms with E-state index in [9.17, 15) is 14.0 Å². The van der Waals surface area contributed by atoms with E-state index in [1.807, 2.05) is 24.3 Å². The average Bonchev–Trinajstić information content (AvgIpc) is 2.68. The number of aryl methyl sites for hydroxylation is 1. The Morgan fingerprint density at radius 1 is 1.21 bits per heavy atom. The number of nitrogens with one attached hydrogen (secondary N) is 1. The Bertz CT molecular complexity index is 1070. The molecule has 1 heterocycles. The summed E-state index contributed by atoms with van der Waals surface area (Å²) >= 11 is 5.94. The molecular formula is C21H20ClFN2O3. The second-order valence-corrected chi connectivity index (χ2v) is 6.79. The first-order chi connectivity index (χ1) is 13.5. The van der Waals surface area contributed by atoms with E-state index in [1.165, 1.54) is 18.2 Å². The van der Waals surface area contributed by atoms with Crippen LogP contribution in [0.3, 0.4) is 0 Å². The highest BCUT2D eigenvalue weighted by molar-refractivity contribution is 6.31. The Balaban J connectivity index is 1.51. The van der Waals surface area contributed by atoms with Gasteiger partial charge in [-0.05, 0) is 36.2 Å². The number of ether oxygens (including phenoxy) is 1. The number of amides is 1. The lowest BCUT2D eigenvalue weighted by Gasteiger charge is -2.12. The minimum Gasteiger partial charge on any atom is -0.493 e. The predicted octanol–water partition coefficient (Wildman–Crippen LogP) is 3.81. The lowest BCUT2D eigenvalue weighted by molar-refractivity contribution is -0.121. The molecule has 0 aliphatic heterocycles. The smallest absolute Gasteiger partial charge is 0.254 e. The second-order valence-electron chi connectivity index (χ2n) is 6.39. The van der Waals surface area contributed by atoms with Gasteiger partial charge >= 0.3 is 0 Å². The molecule has 0 saturated carbocycles. The van der Waals surface area contributed by atoms with Gasteiger partial charge in [0, 0.05) is 36.5 Å². The molecule has 0 radical (unpaired) electrons. The zero-order valence-electron chi connectivity index (χ0n) is 15.4. The molecule has 1 N–H and O–H groups in total. The van der Waals surface area contributed by atoms with Crippen molar-refractivity contribution in [3.05, 3.63) is 75.3 Å². The van der Waals surface area contributed by atoms with Crippen LogP contribution in [-0.2, 0) is 18.4 Å². The van der Waals surface area contributed by atoms with Gasteiger partial charge in [-0.3, -0.25) is 9.59 Å². The minimum absolute atomic E-state index is 0.150. The predicted molar refractivity (Wildman–Crippen MR) is 107 cm³/mol. The van der Waals surface area contributed by atoms with Crippen molar-refractivity contribution >= 4 is 28.4 Å². The summed E-state index contributed by atoms with van der Waals surface area (Å²) < 4.78 is 20.3. The molecule has 0 aliphatic carbocycles. The SMILES string of the molecule is Cn1c(=O)cc(OCCCC(=O)NCc2ccc(F)cc2Cl)c2ccccc21. The number of carbonyl (C=O) groups excluding carboxylic acids is 1. The number of aromatic nitrogens is 1. The van der Waals surface area contributed by atoms with Crippen molar-refractivity contribution in [2.24, 2.45) is 7.05 Å². The molecular weight excluding hydrogens is 383 g/mol. The van der Waals surface area contributed by atoms with E-state index in [4.69, 9.17) is 16.3 Å². The van der Waals surface area contributed by atoms with Gasteiger partial charge in [-0.2, -0.15) is 0 Å². The van der Waals surface area contributed by atoms with Gasteiger partial charge in [0.1, 0.15) is 11.6 Å².